The van der Waals surface area contributed by atoms with E-state index in [0.29, 0.717) is 12.5 Å². The smallest absolute Gasteiger partial charge is 0.328 e. The molecule has 1 amide bonds. The van der Waals surface area contributed by atoms with Crippen molar-refractivity contribution in [1.29, 1.82) is 0 Å². The number of hydrogen-bond donors (Lipinski definition) is 2. The molecule has 0 aromatic carbocycles. The van der Waals surface area contributed by atoms with Crippen LogP contribution in [0.5, 0.6) is 0 Å². The Labute approximate surface area is 117 Å². The lowest BCUT2D eigenvalue weighted by Gasteiger charge is -2.14. The Bertz CT molecular complexity index is 477. The fourth-order valence-electron chi connectivity index (χ4n) is 1.37. The van der Waals surface area contributed by atoms with E-state index >= 15 is 0 Å². The van der Waals surface area contributed by atoms with Gasteiger partial charge in [0.15, 0.2) is 0 Å². The molecule has 0 aliphatic heterocycles. The number of nitrogens with one attached hydrogen (secondary N) is 1. The maximum absolute atomic E-state index is 11.8. The molecule has 0 aliphatic rings. The van der Waals surface area contributed by atoms with E-state index in [1.807, 2.05) is 32.9 Å². The van der Waals surface area contributed by atoms with Gasteiger partial charge in [-0.15, -0.1) is 11.3 Å². The van der Waals surface area contributed by atoms with Crippen molar-refractivity contribution in [3.63, 3.8) is 0 Å². The Kier molecular flexibility index (Phi) is 5.76. The van der Waals surface area contributed by atoms with Crippen molar-refractivity contribution in [2.75, 3.05) is 0 Å². The Morgan fingerprint density at radius 3 is 2.63 bits per heavy atom. The van der Waals surface area contributed by atoms with E-state index < -0.39 is 5.97 Å². The van der Waals surface area contributed by atoms with Gasteiger partial charge in [-0.2, -0.15) is 0 Å². The Balaban J connectivity index is 2.51. The molecular weight excluding hydrogens is 262 g/mol. The van der Waals surface area contributed by atoms with E-state index in [1.165, 1.54) is 11.3 Å². The van der Waals surface area contributed by atoms with Crippen molar-refractivity contribution in [1.82, 2.24) is 5.32 Å². The molecule has 1 aromatic heterocycles. The van der Waals surface area contributed by atoms with Gasteiger partial charge in [0.25, 0.3) is 0 Å². The lowest BCUT2D eigenvalue weighted by molar-refractivity contribution is -0.131. The minimum atomic E-state index is -0.964. The van der Waals surface area contributed by atoms with Gasteiger partial charge >= 0.3 is 5.97 Å². The van der Waals surface area contributed by atoms with E-state index in [-0.39, 0.29) is 11.8 Å². The summed E-state index contributed by atoms with van der Waals surface area (Å²) < 4.78 is 0. The van der Waals surface area contributed by atoms with Crippen LogP contribution in [0.3, 0.4) is 0 Å². The van der Waals surface area contributed by atoms with E-state index in [4.69, 9.17) is 5.11 Å². The third-order valence-electron chi connectivity index (χ3n) is 2.92. The van der Waals surface area contributed by atoms with Gasteiger partial charge in [-0.25, -0.2) is 4.79 Å². The predicted octanol–water partition coefficient (Wildman–Crippen LogP) is 2.75. The number of thiophene rings is 1. The monoisotopic (exact) mass is 281 g/mol. The van der Waals surface area contributed by atoms with E-state index in [0.717, 1.165) is 15.8 Å². The first-order valence-electron chi connectivity index (χ1n) is 6.17. The lowest BCUT2D eigenvalue weighted by Crippen LogP contribution is -2.31. The van der Waals surface area contributed by atoms with E-state index in [1.54, 1.807) is 6.08 Å². The molecule has 2 N–H and O–H groups in total. The molecule has 1 unspecified atom stereocenters. The van der Waals surface area contributed by atoms with Crippen molar-refractivity contribution in [2.45, 2.75) is 27.3 Å². The number of aliphatic carboxylic acids is 1. The number of hydrogen-bond acceptors (Lipinski definition) is 3. The summed E-state index contributed by atoms with van der Waals surface area (Å²) in [4.78, 5) is 24.0. The maximum atomic E-state index is 11.8. The van der Waals surface area contributed by atoms with Gasteiger partial charge in [-0.3, -0.25) is 4.79 Å². The second kappa shape index (κ2) is 7.09. The van der Waals surface area contributed by atoms with Gasteiger partial charge in [0.1, 0.15) is 0 Å². The summed E-state index contributed by atoms with van der Waals surface area (Å²) in [5, 5.41) is 11.4. The lowest BCUT2D eigenvalue weighted by atomic mass is 9.97. The molecule has 0 saturated heterocycles. The van der Waals surface area contributed by atoms with Crippen LogP contribution < -0.4 is 5.32 Å². The Morgan fingerprint density at radius 2 is 2.05 bits per heavy atom. The van der Waals surface area contributed by atoms with Crippen LogP contribution in [0.25, 0.3) is 6.08 Å². The van der Waals surface area contributed by atoms with Gasteiger partial charge in [0.05, 0.1) is 6.54 Å². The molecule has 0 bridgehead atoms. The Morgan fingerprint density at radius 1 is 1.37 bits per heavy atom. The van der Waals surface area contributed by atoms with Crippen molar-refractivity contribution >= 4 is 29.3 Å². The van der Waals surface area contributed by atoms with E-state index in [2.05, 4.69) is 5.32 Å². The van der Waals surface area contributed by atoms with Gasteiger partial charge in [0, 0.05) is 21.7 Å². The van der Waals surface area contributed by atoms with Crippen LogP contribution in [-0.4, -0.2) is 17.0 Å². The quantitative estimate of drug-likeness (QED) is 0.788. The summed E-state index contributed by atoms with van der Waals surface area (Å²) in [6, 6.07) is 3.74. The normalized spacial score (nSPS) is 12.8. The summed E-state index contributed by atoms with van der Waals surface area (Å²) in [6.45, 7) is 6.44. The average molecular weight is 281 g/mol. The highest BCUT2D eigenvalue weighted by atomic mass is 32.1. The zero-order valence-electron chi connectivity index (χ0n) is 11.3. The summed E-state index contributed by atoms with van der Waals surface area (Å²) in [6.07, 6.45) is 2.66. The summed E-state index contributed by atoms with van der Waals surface area (Å²) in [5.74, 6) is -0.608. The summed E-state index contributed by atoms with van der Waals surface area (Å²) in [5.41, 5.74) is 0. The van der Waals surface area contributed by atoms with Crippen LogP contribution in [0.15, 0.2) is 18.2 Å². The molecule has 0 fully saturated rings. The van der Waals surface area contributed by atoms with Crippen molar-refractivity contribution in [2.24, 2.45) is 11.8 Å². The summed E-state index contributed by atoms with van der Waals surface area (Å²) >= 11 is 1.47. The molecule has 0 aliphatic carbocycles. The van der Waals surface area contributed by atoms with Crippen LogP contribution in [0.2, 0.25) is 0 Å². The number of carbonyl (C=O) groups excluding carboxylic acids is 1. The van der Waals surface area contributed by atoms with Crippen LogP contribution in [-0.2, 0) is 16.1 Å². The first-order valence-corrected chi connectivity index (χ1v) is 6.99. The maximum Gasteiger partial charge on any atom is 0.328 e. The zero-order chi connectivity index (χ0) is 14.4. The van der Waals surface area contributed by atoms with Gasteiger partial charge in [-0.05, 0) is 24.1 Å². The van der Waals surface area contributed by atoms with E-state index in [9.17, 15) is 9.59 Å². The molecule has 104 valence electrons. The van der Waals surface area contributed by atoms with Crippen LogP contribution in [0.1, 0.15) is 30.5 Å². The molecule has 0 radical (unpaired) electrons. The molecule has 0 saturated carbocycles. The van der Waals surface area contributed by atoms with Crippen molar-refractivity contribution in [3.8, 4) is 0 Å². The number of amides is 1. The molecule has 19 heavy (non-hydrogen) atoms. The molecule has 5 heteroatoms. The summed E-state index contributed by atoms with van der Waals surface area (Å²) in [7, 11) is 0. The second-order valence-corrected chi connectivity index (χ2v) is 5.93. The topological polar surface area (TPSA) is 66.4 Å². The number of carbonyl (C=O) groups is 2. The average Bonchev–Trinajstić information content (AvgIpc) is 2.80. The van der Waals surface area contributed by atoms with Crippen LogP contribution in [0, 0.1) is 11.8 Å². The first-order chi connectivity index (χ1) is 8.90. The van der Waals surface area contributed by atoms with Crippen LogP contribution in [0.4, 0.5) is 0 Å². The SMILES string of the molecule is CC(C)C(C)C(=O)NCc1ccc(C=CC(=O)O)s1. The Hall–Kier alpha value is -1.62. The third-order valence-corrected chi connectivity index (χ3v) is 3.97. The first kappa shape index (κ1) is 15.4. The predicted molar refractivity (Wildman–Crippen MR) is 76.8 cm³/mol. The number of rotatable bonds is 6. The van der Waals surface area contributed by atoms with Gasteiger partial charge in [-0.1, -0.05) is 20.8 Å². The number of carboxylic acid groups (broad SMARTS) is 1. The minimum Gasteiger partial charge on any atom is -0.478 e. The van der Waals surface area contributed by atoms with Gasteiger partial charge in [0.2, 0.25) is 5.91 Å². The molecule has 4 nitrogen and oxygen atoms in total. The molecule has 1 atom stereocenters. The fourth-order valence-corrected chi connectivity index (χ4v) is 2.23. The van der Waals surface area contributed by atoms with Crippen LogP contribution >= 0.6 is 11.3 Å². The molecule has 0 spiro atoms. The highest BCUT2D eigenvalue weighted by Crippen LogP contribution is 2.18. The number of carboxylic acids is 1. The standard InChI is InChI=1S/C14H19NO3S/c1-9(2)10(3)14(18)15-8-12-5-4-11(19-12)6-7-13(16)17/h4-7,9-10H,8H2,1-3H3,(H,15,18)(H,16,17). The largest absolute Gasteiger partial charge is 0.478 e. The fraction of sp³-hybridized carbons (Fsp3) is 0.429. The van der Waals surface area contributed by atoms with Crippen molar-refractivity contribution < 1.29 is 14.7 Å². The van der Waals surface area contributed by atoms with Gasteiger partial charge < -0.3 is 10.4 Å². The molecule has 1 heterocycles. The molecular formula is C14H19NO3S. The second-order valence-electron chi connectivity index (χ2n) is 4.73. The third kappa shape index (κ3) is 5.26. The highest BCUT2D eigenvalue weighted by Gasteiger charge is 2.16. The highest BCUT2D eigenvalue weighted by molar-refractivity contribution is 7.12. The van der Waals surface area contributed by atoms with Crippen molar-refractivity contribution in [3.05, 3.63) is 28.0 Å². The molecule has 1 aromatic rings. The molecule has 1 rings (SSSR count). The zero-order valence-corrected chi connectivity index (χ0v) is 12.2. The minimum absolute atomic E-state index is 0.00802.